The quantitative estimate of drug-likeness (QED) is 0.669. The van der Waals surface area contributed by atoms with Gasteiger partial charge in [-0.15, -0.1) is 0 Å². The minimum absolute atomic E-state index is 0.0431. The molecule has 0 aliphatic carbocycles. The van der Waals surface area contributed by atoms with Crippen molar-refractivity contribution in [2.45, 2.75) is 19.4 Å². The van der Waals surface area contributed by atoms with Gasteiger partial charge in [-0.05, 0) is 36.2 Å². The standard InChI is InChI=1S/C22H26N2O4/c1-27-15-14-23(16-18-6-3-2-4-7-18)22(26)17-28-20-11-9-19(10-12-20)24-13-5-8-21(24)25/h2-4,6-7,9-12H,5,8,13-17H2,1H3. The summed E-state index contributed by atoms with van der Waals surface area (Å²) in [7, 11) is 1.62. The molecule has 6 heteroatoms. The maximum atomic E-state index is 12.6. The van der Waals surface area contributed by atoms with Crippen molar-refractivity contribution in [2.75, 3.05) is 38.3 Å². The summed E-state index contributed by atoms with van der Waals surface area (Å²) < 4.78 is 10.8. The maximum Gasteiger partial charge on any atom is 0.260 e. The van der Waals surface area contributed by atoms with Crippen LogP contribution in [0.2, 0.25) is 0 Å². The number of hydrogen-bond donors (Lipinski definition) is 0. The number of hydrogen-bond acceptors (Lipinski definition) is 4. The van der Waals surface area contributed by atoms with E-state index in [9.17, 15) is 9.59 Å². The van der Waals surface area contributed by atoms with Gasteiger partial charge in [-0.25, -0.2) is 0 Å². The van der Waals surface area contributed by atoms with Crippen molar-refractivity contribution >= 4 is 17.5 Å². The first-order valence-electron chi connectivity index (χ1n) is 9.51. The second kappa shape index (κ2) is 9.90. The lowest BCUT2D eigenvalue weighted by Gasteiger charge is -2.23. The zero-order chi connectivity index (χ0) is 19.8. The average molecular weight is 382 g/mol. The van der Waals surface area contributed by atoms with Crippen molar-refractivity contribution in [3.63, 3.8) is 0 Å². The molecule has 28 heavy (non-hydrogen) atoms. The van der Waals surface area contributed by atoms with Gasteiger partial charge in [0.05, 0.1) is 6.61 Å². The van der Waals surface area contributed by atoms with Gasteiger partial charge in [-0.3, -0.25) is 9.59 Å². The van der Waals surface area contributed by atoms with E-state index in [1.807, 2.05) is 42.5 Å². The third kappa shape index (κ3) is 5.33. The Labute approximate surface area is 165 Å². The van der Waals surface area contributed by atoms with Gasteiger partial charge < -0.3 is 19.3 Å². The van der Waals surface area contributed by atoms with Crippen LogP contribution in [0.3, 0.4) is 0 Å². The summed E-state index contributed by atoms with van der Waals surface area (Å²) in [6.45, 7) is 2.20. The molecule has 0 radical (unpaired) electrons. The minimum Gasteiger partial charge on any atom is -0.484 e. The van der Waals surface area contributed by atoms with Gasteiger partial charge >= 0.3 is 0 Å². The van der Waals surface area contributed by atoms with Crippen molar-refractivity contribution in [3.05, 3.63) is 60.2 Å². The Morgan fingerprint density at radius 2 is 1.86 bits per heavy atom. The number of carbonyl (C=O) groups is 2. The van der Waals surface area contributed by atoms with Gasteiger partial charge in [0, 0.05) is 38.9 Å². The molecular formula is C22H26N2O4. The van der Waals surface area contributed by atoms with E-state index in [-0.39, 0.29) is 18.4 Å². The molecule has 1 fully saturated rings. The van der Waals surface area contributed by atoms with E-state index >= 15 is 0 Å². The highest BCUT2D eigenvalue weighted by atomic mass is 16.5. The lowest BCUT2D eigenvalue weighted by Crippen LogP contribution is -2.36. The Hall–Kier alpha value is -2.86. The second-order valence-electron chi connectivity index (χ2n) is 6.73. The monoisotopic (exact) mass is 382 g/mol. The van der Waals surface area contributed by atoms with Crippen molar-refractivity contribution in [2.24, 2.45) is 0 Å². The van der Waals surface area contributed by atoms with E-state index in [4.69, 9.17) is 9.47 Å². The maximum absolute atomic E-state index is 12.6. The highest BCUT2D eigenvalue weighted by molar-refractivity contribution is 5.95. The van der Waals surface area contributed by atoms with Crippen molar-refractivity contribution in [1.29, 1.82) is 0 Å². The summed E-state index contributed by atoms with van der Waals surface area (Å²) in [6, 6.07) is 17.2. The summed E-state index contributed by atoms with van der Waals surface area (Å²) in [6.07, 6.45) is 1.50. The Morgan fingerprint density at radius 3 is 2.50 bits per heavy atom. The van der Waals surface area contributed by atoms with Crippen LogP contribution in [0, 0.1) is 0 Å². The van der Waals surface area contributed by atoms with Gasteiger partial charge in [0.15, 0.2) is 6.61 Å². The van der Waals surface area contributed by atoms with Crippen LogP contribution in [-0.4, -0.2) is 50.1 Å². The van der Waals surface area contributed by atoms with Crippen LogP contribution in [0.1, 0.15) is 18.4 Å². The van der Waals surface area contributed by atoms with Crippen LogP contribution in [0.4, 0.5) is 5.69 Å². The molecule has 2 aromatic rings. The molecule has 0 aromatic heterocycles. The molecule has 0 saturated carbocycles. The van der Waals surface area contributed by atoms with Gasteiger partial charge in [0.2, 0.25) is 5.91 Å². The third-order valence-electron chi connectivity index (χ3n) is 4.72. The van der Waals surface area contributed by atoms with E-state index in [0.717, 1.165) is 24.2 Å². The molecule has 0 atom stereocenters. The number of methoxy groups -OCH3 is 1. The Kier molecular flexibility index (Phi) is 7.03. The zero-order valence-corrected chi connectivity index (χ0v) is 16.2. The molecular weight excluding hydrogens is 356 g/mol. The Balaban J connectivity index is 1.56. The molecule has 0 bridgehead atoms. The Bertz CT molecular complexity index is 777. The van der Waals surface area contributed by atoms with Crippen molar-refractivity contribution < 1.29 is 19.1 Å². The highest BCUT2D eigenvalue weighted by Gasteiger charge is 2.21. The van der Waals surface area contributed by atoms with Gasteiger partial charge in [-0.1, -0.05) is 30.3 Å². The first-order valence-corrected chi connectivity index (χ1v) is 9.51. The number of benzene rings is 2. The molecule has 3 rings (SSSR count). The van der Waals surface area contributed by atoms with Gasteiger partial charge in [0.1, 0.15) is 5.75 Å². The molecule has 2 aromatic carbocycles. The number of amides is 2. The van der Waals surface area contributed by atoms with E-state index < -0.39 is 0 Å². The number of anilines is 1. The van der Waals surface area contributed by atoms with Crippen LogP contribution in [0.25, 0.3) is 0 Å². The second-order valence-corrected chi connectivity index (χ2v) is 6.73. The molecule has 148 valence electrons. The summed E-state index contributed by atoms with van der Waals surface area (Å²) >= 11 is 0. The van der Waals surface area contributed by atoms with E-state index in [1.165, 1.54) is 0 Å². The number of carbonyl (C=O) groups excluding carboxylic acids is 2. The predicted molar refractivity (Wildman–Crippen MR) is 107 cm³/mol. The molecule has 1 aliphatic rings. The minimum atomic E-state index is -0.0975. The lowest BCUT2D eigenvalue weighted by molar-refractivity contribution is -0.134. The van der Waals surface area contributed by atoms with Crippen molar-refractivity contribution in [1.82, 2.24) is 4.90 Å². The highest BCUT2D eigenvalue weighted by Crippen LogP contribution is 2.24. The normalized spacial score (nSPS) is 13.6. The molecule has 6 nitrogen and oxygen atoms in total. The fourth-order valence-corrected chi connectivity index (χ4v) is 3.18. The molecule has 0 N–H and O–H groups in total. The summed E-state index contributed by atoms with van der Waals surface area (Å²) in [5, 5.41) is 0. The summed E-state index contributed by atoms with van der Waals surface area (Å²) in [4.78, 5) is 28.0. The smallest absolute Gasteiger partial charge is 0.260 e. The van der Waals surface area contributed by atoms with Crippen LogP contribution < -0.4 is 9.64 Å². The first-order chi connectivity index (χ1) is 13.7. The van der Waals surface area contributed by atoms with Crippen LogP contribution in [0.5, 0.6) is 5.75 Å². The van der Waals surface area contributed by atoms with Crippen LogP contribution in [-0.2, 0) is 20.9 Å². The third-order valence-corrected chi connectivity index (χ3v) is 4.72. The summed E-state index contributed by atoms with van der Waals surface area (Å²) in [5.74, 6) is 0.661. The van der Waals surface area contributed by atoms with E-state index in [0.29, 0.717) is 31.9 Å². The van der Waals surface area contributed by atoms with Gasteiger partial charge in [-0.2, -0.15) is 0 Å². The summed E-state index contributed by atoms with van der Waals surface area (Å²) in [5.41, 5.74) is 1.93. The zero-order valence-electron chi connectivity index (χ0n) is 16.2. The molecule has 1 heterocycles. The molecule has 1 saturated heterocycles. The van der Waals surface area contributed by atoms with Crippen molar-refractivity contribution in [3.8, 4) is 5.75 Å². The molecule has 0 unspecified atom stereocenters. The number of nitrogens with zero attached hydrogens (tertiary/aromatic N) is 2. The van der Waals surface area contributed by atoms with Crippen LogP contribution >= 0.6 is 0 Å². The van der Waals surface area contributed by atoms with E-state index in [2.05, 4.69) is 0 Å². The SMILES string of the molecule is COCCN(Cc1ccccc1)C(=O)COc1ccc(N2CCCC2=O)cc1. The fraction of sp³-hybridized carbons (Fsp3) is 0.364. The fourth-order valence-electron chi connectivity index (χ4n) is 3.18. The number of ether oxygens (including phenoxy) is 2. The number of rotatable bonds is 9. The Morgan fingerprint density at radius 1 is 1.11 bits per heavy atom. The largest absolute Gasteiger partial charge is 0.484 e. The van der Waals surface area contributed by atoms with Gasteiger partial charge in [0.25, 0.3) is 5.91 Å². The lowest BCUT2D eigenvalue weighted by atomic mass is 10.2. The predicted octanol–water partition coefficient (Wildman–Crippen LogP) is 2.87. The molecule has 1 aliphatic heterocycles. The van der Waals surface area contributed by atoms with Crippen LogP contribution in [0.15, 0.2) is 54.6 Å². The topological polar surface area (TPSA) is 59.1 Å². The van der Waals surface area contributed by atoms with E-state index in [1.54, 1.807) is 29.0 Å². The first kappa shape index (κ1) is 19.9. The average Bonchev–Trinajstić information content (AvgIpc) is 3.16. The molecule has 2 amide bonds. The molecule has 0 spiro atoms.